The van der Waals surface area contributed by atoms with Gasteiger partial charge in [0.2, 0.25) is 0 Å². The van der Waals surface area contributed by atoms with Gasteiger partial charge in [-0.2, -0.15) is 0 Å². The SMILES string of the molecule is OCc1ccnc(OCC2CCOC2)c1F. The van der Waals surface area contributed by atoms with Crippen LogP contribution in [0.15, 0.2) is 12.3 Å². The summed E-state index contributed by atoms with van der Waals surface area (Å²) < 4.78 is 24.0. The highest BCUT2D eigenvalue weighted by Gasteiger charge is 2.18. The fourth-order valence-corrected chi connectivity index (χ4v) is 1.60. The fraction of sp³-hybridized carbons (Fsp3) is 0.545. The maximum absolute atomic E-state index is 13.6. The Labute approximate surface area is 93.0 Å². The Bertz CT molecular complexity index is 353. The fourth-order valence-electron chi connectivity index (χ4n) is 1.60. The average molecular weight is 227 g/mol. The highest BCUT2D eigenvalue weighted by molar-refractivity contribution is 5.22. The van der Waals surface area contributed by atoms with Crippen LogP contribution in [-0.2, 0) is 11.3 Å². The molecule has 0 spiro atoms. The van der Waals surface area contributed by atoms with Gasteiger partial charge >= 0.3 is 0 Å². The van der Waals surface area contributed by atoms with E-state index in [1.165, 1.54) is 12.3 Å². The molecule has 0 bridgehead atoms. The standard InChI is InChI=1S/C11H14FNO3/c12-10-9(5-14)1-3-13-11(10)16-7-8-2-4-15-6-8/h1,3,8,14H,2,4-7H2. The number of aromatic nitrogens is 1. The van der Waals surface area contributed by atoms with Crippen molar-refractivity contribution in [1.29, 1.82) is 0 Å². The normalized spacial score (nSPS) is 20.0. The molecule has 2 rings (SSSR count). The maximum atomic E-state index is 13.6. The molecule has 0 radical (unpaired) electrons. The van der Waals surface area contributed by atoms with E-state index in [0.29, 0.717) is 19.1 Å². The second kappa shape index (κ2) is 5.23. The monoisotopic (exact) mass is 227 g/mol. The molecule has 88 valence electrons. The van der Waals surface area contributed by atoms with Crippen molar-refractivity contribution in [2.24, 2.45) is 5.92 Å². The van der Waals surface area contributed by atoms with E-state index in [2.05, 4.69) is 4.98 Å². The molecule has 1 fully saturated rings. The predicted octanol–water partition coefficient (Wildman–Crippen LogP) is 1.13. The van der Waals surface area contributed by atoms with Crippen LogP contribution >= 0.6 is 0 Å². The van der Waals surface area contributed by atoms with Crippen LogP contribution in [0.25, 0.3) is 0 Å². The molecule has 0 saturated carbocycles. The van der Waals surface area contributed by atoms with E-state index in [4.69, 9.17) is 14.6 Å². The molecule has 0 amide bonds. The van der Waals surface area contributed by atoms with E-state index < -0.39 is 5.82 Å². The summed E-state index contributed by atoms with van der Waals surface area (Å²) in [6, 6.07) is 1.43. The Kier molecular flexibility index (Phi) is 3.69. The molecule has 1 aliphatic rings. The minimum absolute atomic E-state index is 0.0431. The maximum Gasteiger partial charge on any atom is 0.250 e. The third-order valence-corrected chi connectivity index (χ3v) is 2.59. The molecule has 1 N–H and O–H groups in total. The van der Waals surface area contributed by atoms with E-state index in [0.717, 1.165) is 13.0 Å². The molecule has 1 aliphatic heterocycles. The van der Waals surface area contributed by atoms with Crippen molar-refractivity contribution in [2.45, 2.75) is 13.0 Å². The van der Waals surface area contributed by atoms with Crippen molar-refractivity contribution in [3.8, 4) is 5.88 Å². The number of hydrogen-bond acceptors (Lipinski definition) is 4. The molecule has 4 nitrogen and oxygen atoms in total. The van der Waals surface area contributed by atoms with E-state index in [9.17, 15) is 4.39 Å². The summed E-state index contributed by atoms with van der Waals surface area (Å²) in [5.41, 5.74) is 0.202. The second-order valence-electron chi connectivity index (χ2n) is 3.79. The number of aliphatic hydroxyl groups is 1. The lowest BCUT2D eigenvalue weighted by Crippen LogP contribution is -2.13. The van der Waals surface area contributed by atoms with Gasteiger partial charge in [0, 0.05) is 24.3 Å². The quantitative estimate of drug-likeness (QED) is 0.837. The van der Waals surface area contributed by atoms with Gasteiger partial charge in [-0.25, -0.2) is 9.37 Å². The average Bonchev–Trinajstić information content (AvgIpc) is 2.81. The van der Waals surface area contributed by atoms with Gasteiger partial charge < -0.3 is 14.6 Å². The zero-order chi connectivity index (χ0) is 11.4. The summed E-state index contributed by atoms with van der Waals surface area (Å²) in [4.78, 5) is 3.80. The van der Waals surface area contributed by atoms with Crippen LogP contribution in [0.4, 0.5) is 4.39 Å². The van der Waals surface area contributed by atoms with Crippen LogP contribution in [0.2, 0.25) is 0 Å². The first kappa shape index (κ1) is 11.3. The Morgan fingerprint density at radius 1 is 1.62 bits per heavy atom. The summed E-state index contributed by atoms with van der Waals surface area (Å²) in [5.74, 6) is -0.318. The molecule has 0 aromatic carbocycles. The van der Waals surface area contributed by atoms with Crippen molar-refractivity contribution in [1.82, 2.24) is 4.98 Å². The molecule has 1 atom stereocenters. The lowest BCUT2D eigenvalue weighted by molar-refractivity contribution is 0.163. The van der Waals surface area contributed by atoms with Crippen LogP contribution in [0.3, 0.4) is 0 Å². The summed E-state index contributed by atoms with van der Waals surface area (Å²) in [6.45, 7) is 1.44. The number of ether oxygens (including phenoxy) is 2. The lowest BCUT2D eigenvalue weighted by atomic mass is 10.1. The van der Waals surface area contributed by atoms with Gasteiger partial charge in [-0.3, -0.25) is 0 Å². The summed E-state index contributed by atoms with van der Waals surface area (Å²) >= 11 is 0. The van der Waals surface area contributed by atoms with Crippen molar-refractivity contribution in [3.05, 3.63) is 23.6 Å². The molecule has 5 heteroatoms. The number of pyridine rings is 1. The van der Waals surface area contributed by atoms with Gasteiger partial charge in [0.25, 0.3) is 5.88 Å². The van der Waals surface area contributed by atoms with Gasteiger partial charge in [-0.1, -0.05) is 0 Å². The molecular formula is C11H14FNO3. The first-order valence-corrected chi connectivity index (χ1v) is 5.26. The van der Waals surface area contributed by atoms with Crippen LogP contribution < -0.4 is 4.74 Å². The van der Waals surface area contributed by atoms with Gasteiger partial charge in [0.05, 0.1) is 19.8 Å². The smallest absolute Gasteiger partial charge is 0.250 e. The van der Waals surface area contributed by atoms with Gasteiger partial charge in [-0.05, 0) is 12.5 Å². The van der Waals surface area contributed by atoms with Crippen LogP contribution in [0.5, 0.6) is 5.88 Å². The van der Waals surface area contributed by atoms with Crippen LogP contribution in [0, 0.1) is 11.7 Å². The summed E-state index contributed by atoms with van der Waals surface area (Å²) in [5, 5.41) is 8.88. The minimum atomic E-state index is -0.580. The van der Waals surface area contributed by atoms with Gasteiger partial charge in [0.15, 0.2) is 5.82 Å². The topological polar surface area (TPSA) is 51.6 Å². The Hall–Kier alpha value is -1.20. The molecule has 1 saturated heterocycles. The molecule has 1 aromatic heterocycles. The van der Waals surface area contributed by atoms with E-state index >= 15 is 0 Å². The van der Waals surface area contributed by atoms with Gasteiger partial charge in [0.1, 0.15) is 0 Å². The zero-order valence-electron chi connectivity index (χ0n) is 8.86. The van der Waals surface area contributed by atoms with E-state index in [1.54, 1.807) is 0 Å². The van der Waals surface area contributed by atoms with Gasteiger partial charge in [-0.15, -0.1) is 0 Å². The van der Waals surface area contributed by atoms with Crippen molar-refractivity contribution >= 4 is 0 Å². The van der Waals surface area contributed by atoms with Crippen molar-refractivity contribution in [2.75, 3.05) is 19.8 Å². The second-order valence-corrected chi connectivity index (χ2v) is 3.79. The third kappa shape index (κ3) is 2.48. The van der Waals surface area contributed by atoms with Crippen molar-refractivity contribution < 1.29 is 19.0 Å². The van der Waals surface area contributed by atoms with E-state index in [-0.39, 0.29) is 18.1 Å². The third-order valence-electron chi connectivity index (χ3n) is 2.59. The molecule has 1 aromatic rings. The Morgan fingerprint density at radius 2 is 2.50 bits per heavy atom. The first-order chi connectivity index (χ1) is 7.81. The van der Waals surface area contributed by atoms with Crippen molar-refractivity contribution in [3.63, 3.8) is 0 Å². The number of aliphatic hydroxyl groups excluding tert-OH is 1. The zero-order valence-corrected chi connectivity index (χ0v) is 8.86. The Morgan fingerprint density at radius 3 is 3.19 bits per heavy atom. The predicted molar refractivity (Wildman–Crippen MR) is 54.5 cm³/mol. The minimum Gasteiger partial charge on any atom is -0.475 e. The molecule has 0 aliphatic carbocycles. The number of hydrogen-bond donors (Lipinski definition) is 1. The lowest BCUT2D eigenvalue weighted by Gasteiger charge is -2.10. The first-order valence-electron chi connectivity index (χ1n) is 5.26. The highest BCUT2D eigenvalue weighted by atomic mass is 19.1. The van der Waals surface area contributed by atoms with E-state index in [1.807, 2.05) is 0 Å². The molecule has 1 unspecified atom stereocenters. The van der Waals surface area contributed by atoms with Crippen LogP contribution in [-0.4, -0.2) is 29.9 Å². The van der Waals surface area contributed by atoms with Crippen LogP contribution in [0.1, 0.15) is 12.0 Å². The number of nitrogens with zero attached hydrogens (tertiary/aromatic N) is 1. The summed E-state index contributed by atoms with van der Waals surface area (Å²) in [7, 11) is 0. The number of rotatable bonds is 4. The molecular weight excluding hydrogens is 213 g/mol. The largest absolute Gasteiger partial charge is 0.475 e. The highest BCUT2D eigenvalue weighted by Crippen LogP contribution is 2.19. The number of halogens is 1. The molecule has 16 heavy (non-hydrogen) atoms. The molecule has 2 heterocycles. The Balaban J connectivity index is 1.97. The summed E-state index contributed by atoms with van der Waals surface area (Å²) in [6.07, 6.45) is 2.36.